The summed E-state index contributed by atoms with van der Waals surface area (Å²) in [6, 6.07) is 9.12. The van der Waals surface area contributed by atoms with Crippen LogP contribution in [0.4, 0.5) is 4.39 Å². The van der Waals surface area contributed by atoms with E-state index in [4.69, 9.17) is 22.1 Å². The van der Waals surface area contributed by atoms with Crippen LogP contribution in [0.1, 0.15) is 17.2 Å². The zero-order valence-corrected chi connectivity index (χ0v) is 12.5. The fourth-order valence-electron chi connectivity index (χ4n) is 1.88. The molecule has 0 aromatic heterocycles. The first-order valence-electron chi connectivity index (χ1n) is 5.56. The first kappa shape index (κ1) is 14.3. The topological polar surface area (TPSA) is 35.2 Å². The predicted octanol–water partition coefficient (Wildman–Crippen LogP) is 4.30. The standard InChI is InChI=1S/C14H12BrClFNO/c1-19-13-3-2-11(17)7-12(13)14(18)8-4-9(15)6-10(16)5-8/h2-7,14H,18H2,1H3. The molecule has 0 aliphatic carbocycles. The van der Waals surface area contributed by atoms with Gasteiger partial charge in [0.25, 0.3) is 0 Å². The number of nitrogens with two attached hydrogens (primary N) is 1. The van der Waals surface area contributed by atoms with Crippen LogP contribution in [0.2, 0.25) is 5.02 Å². The van der Waals surface area contributed by atoms with E-state index < -0.39 is 6.04 Å². The molecule has 2 aromatic rings. The van der Waals surface area contributed by atoms with Gasteiger partial charge in [-0.1, -0.05) is 27.5 Å². The minimum absolute atomic E-state index is 0.354. The van der Waals surface area contributed by atoms with Crippen molar-refractivity contribution in [3.05, 3.63) is 62.8 Å². The van der Waals surface area contributed by atoms with Crippen LogP contribution < -0.4 is 10.5 Å². The van der Waals surface area contributed by atoms with Crippen molar-refractivity contribution < 1.29 is 9.13 Å². The fourth-order valence-corrected chi connectivity index (χ4v) is 2.77. The van der Waals surface area contributed by atoms with Gasteiger partial charge in [-0.05, 0) is 42.0 Å². The van der Waals surface area contributed by atoms with Crippen LogP contribution in [-0.2, 0) is 0 Å². The van der Waals surface area contributed by atoms with Gasteiger partial charge in [0.05, 0.1) is 13.2 Å². The van der Waals surface area contributed by atoms with Crippen LogP contribution in [0, 0.1) is 5.82 Å². The zero-order chi connectivity index (χ0) is 14.0. The molecule has 5 heteroatoms. The molecule has 0 saturated carbocycles. The first-order valence-corrected chi connectivity index (χ1v) is 6.73. The summed E-state index contributed by atoms with van der Waals surface area (Å²) in [5, 5.41) is 0.565. The number of hydrogen-bond donors (Lipinski definition) is 1. The maximum Gasteiger partial charge on any atom is 0.124 e. The first-order chi connectivity index (χ1) is 9.01. The molecule has 100 valence electrons. The third-order valence-electron chi connectivity index (χ3n) is 2.77. The van der Waals surface area contributed by atoms with Crippen molar-refractivity contribution in [3.8, 4) is 5.75 Å². The van der Waals surface area contributed by atoms with Gasteiger partial charge in [-0.3, -0.25) is 0 Å². The van der Waals surface area contributed by atoms with Gasteiger partial charge in [-0.15, -0.1) is 0 Å². The molecule has 2 aromatic carbocycles. The van der Waals surface area contributed by atoms with Gasteiger partial charge < -0.3 is 10.5 Å². The average molecular weight is 345 g/mol. The molecule has 0 bridgehead atoms. The molecule has 0 amide bonds. The highest BCUT2D eigenvalue weighted by molar-refractivity contribution is 9.10. The van der Waals surface area contributed by atoms with Crippen LogP contribution in [0.5, 0.6) is 5.75 Å². The molecule has 2 N–H and O–H groups in total. The molecule has 1 unspecified atom stereocenters. The van der Waals surface area contributed by atoms with E-state index in [0.29, 0.717) is 16.3 Å². The highest BCUT2D eigenvalue weighted by Gasteiger charge is 2.16. The maximum atomic E-state index is 13.4. The summed E-state index contributed by atoms with van der Waals surface area (Å²) in [7, 11) is 1.53. The third-order valence-corrected chi connectivity index (χ3v) is 3.45. The van der Waals surface area contributed by atoms with Crippen molar-refractivity contribution in [1.82, 2.24) is 0 Å². The second-order valence-corrected chi connectivity index (χ2v) is 5.42. The molecule has 2 nitrogen and oxygen atoms in total. The van der Waals surface area contributed by atoms with Gasteiger partial charge in [0.1, 0.15) is 11.6 Å². The van der Waals surface area contributed by atoms with Crippen LogP contribution in [-0.4, -0.2) is 7.11 Å². The minimum atomic E-state index is -0.513. The average Bonchev–Trinajstić information content (AvgIpc) is 2.36. The lowest BCUT2D eigenvalue weighted by atomic mass is 9.98. The maximum absolute atomic E-state index is 13.4. The molecule has 0 heterocycles. The Balaban J connectivity index is 2.48. The molecule has 0 aliphatic rings. The quantitative estimate of drug-likeness (QED) is 0.901. The Morgan fingerprint density at radius 2 is 2.00 bits per heavy atom. The van der Waals surface area contributed by atoms with Gasteiger partial charge in [0, 0.05) is 15.1 Å². The summed E-state index contributed by atoms with van der Waals surface area (Å²) in [6.45, 7) is 0. The Hall–Kier alpha value is -1.10. The molecule has 0 saturated heterocycles. The van der Waals surface area contributed by atoms with Crippen LogP contribution in [0.25, 0.3) is 0 Å². The Bertz CT molecular complexity index is 586. The number of halogens is 3. The molecular weight excluding hydrogens is 333 g/mol. The second kappa shape index (κ2) is 5.90. The van der Waals surface area contributed by atoms with E-state index in [-0.39, 0.29) is 5.82 Å². The molecule has 0 radical (unpaired) electrons. The summed E-state index contributed by atoms with van der Waals surface area (Å²) in [6.07, 6.45) is 0. The van der Waals surface area contributed by atoms with E-state index in [1.54, 1.807) is 18.2 Å². The SMILES string of the molecule is COc1ccc(F)cc1C(N)c1cc(Cl)cc(Br)c1. The summed E-state index contributed by atoms with van der Waals surface area (Å²) >= 11 is 9.35. The smallest absolute Gasteiger partial charge is 0.124 e. The van der Waals surface area contributed by atoms with Gasteiger partial charge >= 0.3 is 0 Å². The van der Waals surface area contributed by atoms with Gasteiger partial charge in [0.15, 0.2) is 0 Å². The summed E-state index contributed by atoms with van der Waals surface area (Å²) in [4.78, 5) is 0. The Morgan fingerprint density at radius 3 is 2.63 bits per heavy atom. The fraction of sp³-hybridized carbons (Fsp3) is 0.143. The molecule has 0 spiro atoms. The Kier molecular flexibility index (Phi) is 4.45. The highest BCUT2D eigenvalue weighted by atomic mass is 79.9. The molecule has 0 fully saturated rings. The normalized spacial score (nSPS) is 12.3. The predicted molar refractivity (Wildman–Crippen MR) is 78.1 cm³/mol. The summed E-state index contributed by atoms with van der Waals surface area (Å²) in [5.74, 6) is 0.192. The minimum Gasteiger partial charge on any atom is -0.496 e. The third kappa shape index (κ3) is 3.26. The van der Waals surface area contributed by atoms with Crippen LogP contribution in [0.15, 0.2) is 40.9 Å². The molecule has 1 atom stereocenters. The van der Waals surface area contributed by atoms with Crippen molar-refractivity contribution in [1.29, 1.82) is 0 Å². The number of methoxy groups -OCH3 is 1. The number of benzene rings is 2. The monoisotopic (exact) mass is 343 g/mol. The van der Waals surface area contributed by atoms with Crippen LogP contribution in [0.3, 0.4) is 0 Å². The van der Waals surface area contributed by atoms with E-state index in [9.17, 15) is 4.39 Å². The van der Waals surface area contributed by atoms with Crippen molar-refractivity contribution in [3.63, 3.8) is 0 Å². The summed E-state index contributed by atoms with van der Waals surface area (Å²) < 4.78 is 19.4. The Morgan fingerprint density at radius 1 is 1.26 bits per heavy atom. The lowest BCUT2D eigenvalue weighted by Crippen LogP contribution is -2.13. The second-order valence-electron chi connectivity index (χ2n) is 4.07. The van der Waals surface area contributed by atoms with E-state index in [0.717, 1.165) is 10.0 Å². The van der Waals surface area contributed by atoms with E-state index in [2.05, 4.69) is 15.9 Å². The van der Waals surface area contributed by atoms with Crippen molar-refractivity contribution in [2.75, 3.05) is 7.11 Å². The summed E-state index contributed by atoms with van der Waals surface area (Å²) in [5.41, 5.74) is 7.53. The van der Waals surface area contributed by atoms with Crippen molar-refractivity contribution in [2.45, 2.75) is 6.04 Å². The van der Waals surface area contributed by atoms with Gasteiger partial charge in [0.2, 0.25) is 0 Å². The molecular formula is C14H12BrClFNO. The molecule has 2 rings (SSSR count). The number of rotatable bonds is 3. The zero-order valence-electron chi connectivity index (χ0n) is 10.2. The highest BCUT2D eigenvalue weighted by Crippen LogP contribution is 2.31. The van der Waals surface area contributed by atoms with Crippen molar-refractivity contribution >= 4 is 27.5 Å². The van der Waals surface area contributed by atoms with Gasteiger partial charge in [-0.2, -0.15) is 0 Å². The molecule has 0 aliphatic heterocycles. The van der Waals surface area contributed by atoms with Gasteiger partial charge in [-0.25, -0.2) is 4.39 Å². The van der Waals surface area contributed by atoms with Crippen LogP contribution >= 0.6 is 27.5 Å². The molecule has 19 heavy (non-hydrogen) atoms. The Labute approximate surface area is 124 Å². The van der Waals surface area contributed by atoms with E-state index in [1.807, 2.05) is 6.07 Å². The lowest BCUT2D eigenvalue weighted by molar-refractivity contribution is 0.406. The number of ether oxygens (including phenoxy) is 1. The van der Waals surface area contributed by atoms with E-state index in [1.165, 1.54) is 19.2 Å². The van der Waals surface area contributed by atoms with E-state index >= 15 is 0 Å². The van der Waals surface area contributed by atoms with Crippen molar-refractivity contribution in [2.24, 2.45) is 5.73 Å². The lowest BCUT2D eigenvalue weighted by Gasteiger charge is -2.17. The number of hydrogen-bond acceptors (Lipinski definition) is 2. The largest absolute Gasteiger partial charge is 0.496 e.